The van der Waals surface area contributed by atoms with Gasteiger partial charge in [0.05, 0.1) is 22.8 Å². The predicted molar refractivity (Wildman–Crippen MR) is 149 cm³/mol. The Morgan fingerprint density at radius 1 is 1.02 bits per heavy atom. The number of rotatable bonds is 7. The van der Waals surface area contributed by atoms with Gasteiger partial charge in [-0.3, -0.25) is 4.79 Å². The van der Waals surface area contributed by atoms with E-state index >= 15 is 0 Å². The molecule has 3 aromatic heterocycles. The first-order valence-electron chi connectivity index (χ1n) is 12.0. The van der Waals surface area contributed by atoms with E-state index in [2.05, 4.69) is 25.5 Å². The van der Waals surface area contributed by atoms with Gasteiger partial charge in [0.15, 0.2) is 8.38 Å². The summed E-state index contributed by atoms with van der Waals surface area (Å²) in [6, 6.07) is 18.9. The maximum atomic E-state index is 13.6. The van der Waals surface area contributed by atoms with Crippen molar-refractivity contribution in [3.8, 4) is 16.8 Å². The molecular formula is C27H20ClFN7O3P. The Labute approximate surface area is 232 Å². The van der Waals surface area contributed by atoms with Gasteiger partial charge < -0.3 is 19.3 Å². The predicted octanol–water partition coefficient (Wildman–Crippen LogP) is 3.91. The zero-order valence-electron chi connectivity index (χ0n) is 20.6. The lowest BCUT2D eigenvalue weighted by molar-refractivity contribution is 0.497. The first-order valence-corrected chi connectivity index (χ1v) is 13.7. The second-order valence-electron chi connectivity index (χ2n) is 9.04. The molecule has 0 amide bonds. The number of pyridine rings is 1. The molecule has 3 N–H and O–H groups in total. The van der Waals surface area contributed by atoms with Crippen molar-refractivity contribution < 1.29 is 14.2 Å². The monoisotopic (exact) mass is 575 g/mol. The largest absolute Gasteiger partial charge is 0.347 e. The Morgan fingerprint density at radius 2 is 1.85 bits per heavy atom. The van der Waals surface area contributed by atoms with Crippen molar-refractivity contribution in [2.45, 2.75) is 12.5 Å². The van der Waals surface area contributed by atoms with Crippen molar-refractivity contribution in [2.75, 3.05) is 0 Å². The van der Waals surface area contributed by atoms with Crippen LogP contribution in [0.1, 0.15) is 17.4 Å². The Morgan fingerprint density at radius 3 is 2.58 bits per heavy atom. The molecule has 10 nitrogen and oxygen atoms in total. The number of halogens is 2. The van der Waals surface area contributed by atoms with Gasteiger partial charge in [-0.05, 0) is 76.2 Å². The van der Waals surface area contributed by atoms with E-state index in [9.17, 15) is 19.0 Å². The molecule has 0 unspecified atom stereocenters. The van der Waals surface area contributed by atoms with Crippen LogP contribution in [0.2, 0.25) is 5.02 Å². The summed E-state index contributed by atoms with van der Waals surface area (Å²) in [6.45, 7) is 0. The second kappa shape index (κ2) is 10.7. The van der Waals surface area contributed by atoms with Crippen molar-refractivity contribution in [1.29, 1.82) is 0 Å². The minimum atomic E-state index is -2.28. The minimum Gasteiger partial charge on any atom is -0.347 e. The molecule has 0 spiro atoms. The van der Waals surface area contributed by atoms with Gasteiger partial charge in [0.25, 0.3) is 5.56 Å². The molecule has 0 saturated heterocycles. The molecule has 0 aliphatic rings. The molecule has 0 aliphatic heterocycles. The summed E-state index contributed by atoms with van der Waals surface area (Å²) in [5, 5.41) is 12.2. The SMILES string of the molecule is O=c1cc(-c2cc(Cl)ccc2-n2cnnn2)ccn1[C@@H](Cc1ccc(F)cc1)c1nc2cc(P(O)O)ccc2[nH]1. The number of hydrogen-bond donors (Lipinski definition) is 3. The van der Waals surface area contributed by atoms with Crippen LogP contribution in [0.25, 0.3) is 27.8 Å². The maximum absolute atomic E-state index is 13.6. The molecule has 6 rings (SSSR count). The number of nitrogens with one attached hydrogen (secondary N) is 1. The van der Waals surface area contributed by atoms with E-state index in [0.717, 1.165) is 5.56 Å². The van der Waals surface area contributed by atoms with Crippen molar-refractivity contribution in [2.24, 2.45) is 0 Å². The molecule has 1 atom stereocenters. The molecule has 6 aromatic rings. The lowest BCUT2D eigenvalue weighted by Gasteiger charge is -2.19. The number of hydrogen-bond acceptors (Lipinski definition) is 7. The summed E-state index contributed by atoms with van der Waals surface area (Å²) in [7, 11) is -2.28. The minimum absolute atomic E-state index is 0.303. The Hall–Kier alpha value is -4.28. The summed E-state index contributed by atoms with van der Waals surface area (Å²) in [5.41, 5.74) is 3.63. The van der Waals surface area contributed by atoms with Crippen molar-refractivity contribution in [3.63, 3.8) is 0 Å². The van der Waals surface area contributed by atoms with E-state index in [1.807, 2.05) is 0 Å². The molecule has 13 heteroatoms. The zero-order chi connectivity index (χ0) is 27.8. The van der Waals surface area contributed by atoms with Crippen LogP contribution in [0.5, 0.6) is 0 Å². The van der Waals surface area contributed by atoms with Crippen molar-refractivity contribution in [1.82, 2.24) is 34.7 Å². The van der Waals surface area contributed by atoms with Crippen LogP contribution in [0.3, 0.4) is 0 Å². The standard InChI is InChI=1S/C27H20ClFN7O3P/c28-18-3-8-24(36-15-30-33-34-36)21(13-18)17-9-10-35(26(37)12-17)25(11-16-1-4-19(29)5-2-16)27-31-22-7-6-20(40(38)39)14-23(22)32-27/h1-10,12-15,25,38-39H,11H2,(H,31,32)/t25-/m0/s1. The average molecular weight is 576 g/mol. The van der Waals surface area contributed by atoms with Crippen LogP contribution in [0.15, 0.2) is 90.1 Å². The highest BCUT2D eigenvalue weighted by molar-refractivity contribution is 7.54. The summed E-state index contributed by atoms with van der Waals surface area (Å²) in [4.78, 5) is 40.8. The quantitative estimate of drug-likeness (QED) is 0.246. The summed E-state index contributed by atoms with van der Waals surface area (Å²) in [5.74, 6) is 0.131. The smallest absolute Gasteiger partial charge is 0.251 e. The molecule has 200 valence electrons. The van der Waals surface area contributed by atoms with E-state index in [4.69, 9.17) is 11.6 Å². The molecule has 0 fully saturated rings. The van der Waals surface area contributed by atoms with E-state index < -0.39 is 14.4 Å². The number of tetrazole rings is 1. The van der Waals surface area contributed by atoms with Gasteiger partial charge >= 0.3 is 0 Å². The first kappa shape index (κ1) is 26.0. The summed E-state index contributed by atoms with van der Waals surface area (Å²) in [6.07, 6.45) is 3.47. The highest BCUT2D eigenvalue weighted by Crippen LogP contribution is 2.30. The molecule has 0 aliphatic carbocycles. The highest BCUT2D eigenvalue weighted by Gasteiger charge is 2.21. The van der Waals surface area contributed by atoms with Crippen LogP contribution in [0.4, 0.5) is 4.39 Å². The lowest BCUT2D eigenvalue weighted by atomic mass is 10.0. The molecular weight excluding hydrogens is 556 g/mol. The number of aromatic nitrogens is 7. The van der Waals surface area contributed by atoms with Crippen LogP contribution in [-0.2, 0) is 6.42 Å². The van der Waals surface area contributed by atoms with Gasteiger partial charge in [0.2, 0.25) is 0 Å². The van der Waals surface area contributed by atoms with Gasteiger partial charge in [-0.1, -0.05) is 23.7 Å². The van der Waals surface area contributed by atoms with Gasteiger partial charge in [0.1, 0.15) is 18.0 Å². The number of aromatic amines is 1. The first-order chi connectivity index (χ1) is 19.4. The topological polar surface area (TPSA) is 135 Å². The number of fused-ring (bicyclic) bond motifs is 1. The van der Waals surface area contributed by atoms with Crippen molar-refractivity contribution in [3.05, 3.63) is 118 Å². The third kappa shape index (κ3) is 5.15. The van der Waals surface area contributed by atoms with Crippen LogP contribution in [-0.4, -0.2) is 44.5 Å². The van der Waals surface area contributed by atoms with E-state index in [1.54, 1.807) is 65.4 Å². The molecule has 3 heterocycles. The average Bonchev–Trinajstić information content (AvgIpc) is 3.63. The van der Waals surface area contributed by atoms with Gasteiger partial charge in [-0.25, -0.2) is 9.37 Å². The van der Waals surface area contributed by atoms with Crippen molar-refractivity contribution >= 4 is 36.3 Å². The lowest BCUT2D eigenvalue weighted by Crippen LogP contribution is -2.27. The summed E-state index contributed by atoms with van der Waals surface area (Å²) < 4.78 is 16.7. The maximum Gasteiger partial charge on any atom is 0.251 e. The fourth-order valence-corrected chi connectivity index (χ4v) is 5.21. The normalized spacial score (nSPS) is 12.3. The Bertz CT molecular complexity index is 1870. The van der Waals surface area contributed by atoms with Gasteiger partial charge in [0, 0.05) is 34.6 Å². The van der Waals surface area contributed by atoms with E-state index in [-0.39, 0.29) is 11.4 Å². The van der Waals surface area contributed by atoms with Gasteiger partial charge in [-0.2, -0.15) is 4.68 Å². The molecule has 40 heavy (non-hydrogen) atoms. The third-order valence-corrected chi connectivity index (χ3v) is 7.50. The molecule has 0 bridgehead atoms. The molecule has 0 saturated carbocycles. The van der Waals surface area contributed by atoms with Crippen LogP contribution >= 0.6 is 20.0 Å². The number of H-pyrrole nitrogens is 1. The molecule has 0 radical (unpaired) electrons. The second-order valence-corrected chi connectivity index (χ2v) is 10.6. The van der Waals surface area contributed by atoms with E-state index in [1.165, 1.54) is 29.2 Å². The number of benzene rings is 3. The van der Waals surface area contributed by atoms with Crippen LogP contribution in [0, 0.1) is 5.82 Å². The third-order valence-electron chi connectivity index (χ3n) is 6.52. The Balaban J connectivity index is 1.45. The summed E-state index contributed by atoms with van der Waals surface area (Å²) >= 11 is 6.29. The zero-order valence-corrected chi connectivity index (χ0v) is 22.2. The number of imidazole rings is 1. The molecule has 3 aromatic carbocycles. The fourth-order valence-electron chi connectivity index (χ4n) is 4.59. The Kier molecular flexibility index (Phi) is 6.95. The highest BCUT2D eigenvalue weighted by atomic mass is 35.5. The van der Waals surface area contributed by atoms with Gasteiger partial charge in [-0.15, -0.1) is 5.10 Å². The number of nitrogens with zero attached hydrogens (tertiary/aromatic N) is 6. The fraction of sp³-hybridized carbons (Fsp3) is 0.0741. The van der Waals surface area contributed by atoms with Crippen LogP contribution < -0.4 is 10.9 Å². The van der Waals surface area contributed by atoms with E-state index in [0.29, 0.717) is 50.4 Å².